The van der Waals surface area contributed by atoms with Gasteiger partial charge in [-0.05, 0) is 60.9 Å². The van der Waals surface area contributed by atoms with E-state index in [2.05, 4.69) is 19.8 Å². The van der Waals surface area contributed by atoms with Crippen LogP contribution in [-0.4, -0.2) is 38.0 Å². The molecule has 6 rings (SSSR count). The number of aromatic nitrogens is 5. The maximum Gasteiger partial charge on any atom is 0.235 e. The zero-order valence-electron chi connectivity index (χ0n) is 18.8. The summed E-state index contributed by atoms with van der Waals surface area (Å²) in [5.41, 5.74) is 5.95. The molecule has 1 N–H and O–H groups in total. The van der Waals surface area contributed by atoms with Crippen molar-refractivity contribution < 1.29 is 12.8 Å². The van der Waals surface area contributed by atoms with E-state index in [9.17, 15) is 12.8 Å². The molecule has 10 heteroatoms. The first kappa shape index (κ1) is 21.5. The SMILES string of the molecule is Cn1cc(-c2ccc3c(c2)ncn3-c2cc(NS(=O)(=O)C3CC3)cc(-c3ccc(F)cn3)c2)cn1. The number of benzene rings is 2. The van der Waals surface area contributed by atoms with Crippen molar-refractivity contribution in [2.75, 3.05) is 4.72 Å². The number of nitrogens with one attached hydrogen (secondary N) is 1. The molecule has 0 saturated heterocycles. The van der Waals surface area contributed by atoms with Gasteiger partial charge in [-0.2, -0.15) is 5.10 Å². The molecular weight excluding hydrogens is 467 g/mol. The van der Waals surface area contributed by atoms with E-state index < -0.39 is 15.8 Å². The van der Waals surface area contributed by atoms with Gasteiger partial charge in [0.1, 0.15) is 12.1 Å². The average Bonchev–Trinajstić information content (AvgIpc) is 3.49. The standard InChI is InChI=1S/C25H21FN6O2S/c1-31-14-18(12-29-31)16-2-7-25-24(10-16)28-15-32(25)21-9-17(23-6-3-19(26)13-27-23)8-20(11-21)30-35(33,34)22-4-5-22/h2-3,6-15,22,30H,4-5H2,1H3. The van der Waals surface area contributed by atoms with Gasteiger partial charge in [0.15, 0.2) is 0 Å². The quantitative estimate of drug-likeness (QED) is 0.379. The minimum Gasteiger partial charge on any atom is -0.299 e. The highest BCUT2D eigenvalue weighted by Gasteiger charge is 2.35. The van der Waals surface area contributed by atoms with Gasteiger partial charge in [-0.1, -0.05) is 6.07 Å². The summed E-state index contributed by atoms with van der Waals surface area (Å²) in [5.74, 6) is -0.440. The van der Waals surface area contributed by atoms with Crippen molar-refractivity contribution in [3.8, 4) is 28.1 Å². The van der Waals surface area contributed by atoms with Gasteiger partial charge in [0.25, 0.3) is 0 Å². The maximum atomic E-state index is 13.5. The van der Waals surface area contributed by atoms with Crippen molar-refractivity contribution in [1.82, 2.24) is 24.3 Å². The zero-order valence-corrected chi connectivity index (χ0v) is 19.6. The lowest BCUT2D eigenvalue weighted by atomic mass is 10.1. The third-order valence-electron chi connectivity index (χ3n) is 6.03. The Balaban J connectivity index is 1.46. The summed E-state index contributed by atoms with van der Waals surface area (Å²) in [7, 11) is -1.60. The number of pyridine rings is 1. The van der Waals surface area contributed by atoms with E-state index >= 15 is 0 Å². The van der Waals surface area contributed by atoms with Crippen LogP contribution in [0.3, 0.4) is 0 Å². The van der Waals surface area contributed by atoms with Crippen molar-refractivity contribution in [1.29, 1.82) is 0 Å². The molecule has 1 fully saturated rings. The molecule has 0 unspecified atom stereocenters. The summed E-state index contributed by atoms with van der Waals surface area (Å²) >= 11 is 0. The van der Waals surface area contributed by atoms with Crippen LogP contribution in [-0.2, 0) is 17.1 Å². The second-order valence-electron chi connectivity index (χ2n) is 8.70. The molecule has 1 saturated carbocycles. The van der Waals surface area contributed by atoms with Gasteiger partial charge in [-0.15, -0.1) is 0 Å². The van der Waals surface area contributed by atoms with Crippen LogP contribution in [0.2, 0.25) is 0 Å². The van der Waals surface area contributed by atoms with Crippen molar-refractivity contribution in [3.05, 3.63) is 79.3 Å². The van der Waals surface area contributed by atoms with Gasteiger partial charge < -0.3 is 0 Å². The second-order valence-corrected chi connectivity index (χ2v) is 10.7. The fraction of sp³-hybridized carbons (Fsp3) is 0.160. The van der Waals surface area contributed by atoms with Crippen LogP contribution in [0.15, 0.2) is 73.4 Å². The molecule has 3 aromatic heterocycles. The Morgan fingerprint density at radius 2 is 1.83 bits per heavy atom. The Morgan fingerprint density at radius 1 is 0.971 bits per heavy atom. The van der Waals surface area contributed by atoms with Crippen LogP contribution in [0.25, 0.3) is 39.1 Å². The smallest absolute Gasteiger partial charge is 0.235 e. The van der Waals surface area contributed by atoms with Crippen molar-refractivity contribution in [2.24, 2.45) is 7.05 Å². The Bertz CT molecular complexity index is 1670. The summed E-state index contributed by atoms with van der Waals surface area (Å²) in [5, 5.41) is 3.87. The van der Waals surface area contributed by atoms with Gasteiger partial charge in [0.2, 0.25) is 10.0 Å². The normalized spacial score (nSPS) is 13.9. The third-order valence-corrected chi connectivity index (χ3v) is 7.90. The summed E-state index contributed by atoms with van der Waals surface area (Å²) in [6.45, 7) is 0. The number of aryl methyl sites for hydroxylation is 1. The number of rotatable bonds is 6. The number of nitrogens with zero attached hydrogens (tertiary/aromatic N) is 5. The Kier molecular flexibility index (Phi) is 4.92. The van der Waals surface area contributed by atoms with Crippen LogP contribution in [0.1, 0.15) is 12.8 Å². The highest BCUT2D eigenvalue weighted by atomic mass is 32.2. The van der Waals surface area contributed by atoms with Gasteiger partial charge in [-0.3, -0.25) is 19.0 Å². The van der Waals surface area contributed by atoms with E-state index in [1.54, 1.807) is 35.4 Å². The van der Waals surface area contributed by atoms with Gasteiger partial charge >= 0.3 is 0 Å². The van der Waals surface area contributed by atoms with Gasteiger partial charge in [-0.25, -0.2) is 17.8 Å². The maximum absolute atomic E-state index is 13.5. The van der Waals surface area contributed by atoms with E-state index in [1.807, 2.05) is 42.1 Å². The lowest BCUT2D eigenvalue weighted by Crippen LogP contribution is -2.17. The van der Waals surface area contributed by atoms with Crippen LogP contribution >= 0.6 is 0 Å². The number of hydrogen-bond acceptors (Lipinski definition) is 5. The van der Waals surface area contributed by atoms with E-state index in [4.69, 9.17) is 0 Å². The van der Waals surface area contributed by atoms with Crippen molar-refractivity contribution >= 4 is 26.7 Å². The topological polar surface area (TPSA) is 94.7 Å². The van der Waals surface area contributed by atoms with Crippen LogP contribution < -0.4 is 4.72 Å². The number of sulfonamides is 1. The molecule has 0 aliphatic heterocycles. The number of hydrogen-bond donors (Lipinski definition) is 1. The van der Waals surface area contributed by atoms with E-state index in [-0.39, 0.29) is 5.25 Å². The predicted octanol–water partition coefficient (Wildman–Crippen LogP) is 4.53. The summed E-state index contributed by atoms with van der Waals surface area (Å²) < 4.78 is 45.1. The Morgan fingerprint density at radius 3 is 2.54 bits per heavy atom. The molecule has 35 heavy (non-hydrogen) atoms. The van der Waals surface area contributed by atoms with Gasteiger partial charge in [0.05, 0.1) is 40.1 Å². The first-order valence-corrected chi connectivity index (χ1v) is 12.7. The molecule has 0 amide bonds. The van der Waals surface area contributed by atoms with E-state index in [0.29, 0.717) is 35.5 Å². The largest absolute Gasteiger partial charge is 0.299 e. The molecule has 176 valence electrons. The summed E-state index contributed by atoms with van der Waals surface area (Å²) in [6.07, 6.45) is 7.90. The fourth-order valence-corrected chi connectivity index (χ4v) is 5.47. The molecule has 2 aromatic carbocycles. The number of fused-ring (bicyclic) bond motifs is 1. The molecule has 8 nitrogen and oxygen atoms in total. The minimum atomic E-state index is -3.47. The first-order valence-electron chi connectivity index (χ1n) is 11.1. The molecule has 3 heterocycles. The number of imidazole rings is 1. The number of halogens is 1. The highest BCUT2D eigenvalue weighted by Crippen LogP contribution is 2.33. The lowest BCUT2D eigenvalue weighted by Gasteiger charge is -2.13. The lowest BCUT2D eigenvalue weighted by molar-refractivity contribution is 0.600. The molecule has 1 aliphatic rings. The van der Waals surface area contributed by atoms with Gasteiger partial charge in [0, 0.05) is 30.1 Å². The van der Waals surface area contributed by atoms with Crippen molar-refractivity contribution in [2.45, 2.75) is 18.1 Å². The van der Waals surface area contributed by atoms with Crippen LogP contribution in [0, 0.1) is 5.82 Å². The molecule has 5 aromatic rings. The molecular formula is C25H21FN6O2S. The van der Waals surface area contributed by atoms with Crippen molar-refractivity contribution in [3.63, 3.8) is 0 Å². The molecule has 0 radical (unpaired) electrons. The number of anilines is 1. The average molecular weight is 489 g/mol. The second kappa shape index (κ2) is 8.02. The summed E-state index contributed by atoms with van der Waals surface area (Å²) in [6, 6.07) is 14.2. The van der Waals surface area contributed by atoms with E-state index in [1.165, 1.54) is 6.07 Å². The van der Waals surface area contributed by atoms with Crippen LogP contribution in [0.5, 0.6) is 0 Å². The molecule has 0 spiro atoms. The zero-order chi connectivity index (χ0) is 24.2. The minimum absolute atomic E-state index is 0.362. The Labute approximate surface area is 201 Å². The molecule has 0 bridgehead atoms. The molecule has 1 aliphatic carbocycles. The summed E-state index contributed by atoms with van der Waals surface area (Å²) in [4.78, 5) is 8.76. The van der Waals surface area contributed by atoms with Crippen LogP contribution in [0.4, 0.5) is 10.1 Å². The van der Waals surface area contributed by atoms with E-state index in [0.717, 1.165) is 28.4 Å². The predicted molar refractivity (Wildman–Crippen MR) is 132 cm³/mol. The first-order chi connectivity index (χ1) is 16.9. The highest BCUT2D eigenvalue weighted by molar-refractivity contribution is 7.93. The fourth-order valence-electron chi connectivity index (χ4n) is 4.10. The monoisotopic (exact) mass is 488 g/mol. The third kappa shape index (κ3) is 4.17. The Hall–Kier alpha value is -4.05. The molecule has 0 atom stereocenters.